The third-order valence-electron chi connectivity index (χ3n) is 4.15. The van der Waals surface area contributed by atoms with Crippen LogP contribution in [-0.2, 0) is 11.2 Å². The van der Waals surface area contributed by atoms with Crippen molar-refractivity contribution in [2.24, 2.45) is 0 Å². The summed E-state index contributed by atoms with van der Waals surface area (Å²) >= 11 is 0. The van der Waals surface area contributed by atoms with Crippen molar-refractivity contribution in [3.63, 3.8) is 0 Å². The summed E-state index contributed by atoms with van der Waals surface area (Å²) < 4.78 is 1.35. The molecular weight excluding hydrogens is 342 g/mol. The molecule has 0 aliphatic rings. The number of benzene rings is 1. The Hall–Kier alpha value is -3.19. The standard InChI is InChI=1S/C20H23N5O2/c1-14-16(12-15-8-5-4-6-9-15)20(27)25-19(22-14)17(13-21-25)23-18(26)10-7-11-24(2)3/h4-10,13,27H,11-12H2,1-3H3,(H,23,26)/b10-7+. The minimum absolute atomic E-state index is 0.0324. The number of nitrogens with zero attached hydrogens (tertiary/aromatic N) is 4. The molecular formula is C20H23N5O2. The number of rotatable bonds is 6. The summed E-state index contributed by atoms with van der Waals surface area (Å²) in [7, 11) is 3.85. The Bertz CT molecular complexity index is 977. The molecule has 27 heavy (non-hydrogen) atoms. The summed E-state index contributed by atoms with van der Waals surface area (Å²) in [6, 6.07) is 9.86. The van der Waals surface area contributed by atoms with Gasteiger partial charge in [-0.15, -0.1) is 0 Å². The van der Waals surface area contributed by atoms with Gasteiger partial charge in [-0.2, -0.15) is 9.61 Å². The molecule has 2 aromatic heterocycles. The Morgan fingerprint density at radius 2 is 2.04 bits per heavy atom. The number of aryl methyl sites for hydroxylation is 1. The second-order valence-electron chi connectivity index (χ2n) is 6.61. The Kier molecular flexibility index (Phi) is 5.52. The topological polar surface area (TPSA) is 82.8 Å². The number of aromatic nitrogens is 3. The number of hydrogen-bond acceptors (Lipinski definition) is 5. The van der Waals surface area contributed by atoms with Crippen LogP contribution in [0, 0.1) is 6.92 Å². The molecule has 0 saturated heterocycles. The molecule has 0 aliphatic heterocycles. The lowest BCUT2D eigenvalue weighted by Gasteiger charge is -2.10. The maximum Gasteiger partial charge on any atom is 0.248 e. The van der Waals surface area contributed by atoms with E-state index in [2.05, 4.69) is 15.4 Å². The molecule has 0 saturated carbocycles. The number of carbonyl (C=O) groups is 1. The van der Waals surface area contributed by atoms with Gasteiger partial charge in [0.05, 0.1) is 6.20 Å². The van der Waals surface area contributed by atoms with Gasteiger partial charge < -0.3 is 15.3 Å². The van der Waals surface area contributed by atoms with Gasteiger partial charge >= 0.3 is 0 Å². The van der Waals surface area contributed by atoms with E-state index in [-0.39, 0.29) is 11.8 Å². The number of likely N-dealkylation sites (N-methyl/N-ethyl adjacent to an activating group) is 1. The molecule has 0 unspecified atom stereocenters. The van der Waals surface area contributed by atoms with Gasteiger partial charge in [-0.3, -0.25) is 4.79 Å². The molecule has 3 rings (SSSR count). The Morgan fingerprint density at radius 1 is 1.30 bits per heavy atom. The number of hydrogen-bond donors (Lipinski definition) is 2. The predicted octanol–water partition coefficient (Wildman–Crippen LogP) is 2.39. The van der Waals surface area contributed by atoms with E-state index in [0.29, 0.717) is 35.6 Å². The third kappa shape index (κ3) is 4.32. The lowest BCUT2D eigenvalue weighted by atomic mass is 10.0. The van der Waals surface area contributed by atoms with Crippen molar-refractivity contribution < 1.29 is 9.90 Å². The fourth-order valence-electron chi connectivity index (χ4n) is 2.76. The van der Waals surface area contributed by atoms with Crippen LogP contribution in [-0.4, -0.2) is 51.2 Å². The van der Waals surface area contributed by atoms with Crippen LogP contribution in [0.5, 0.6) is 5.88 Å². The van der Waals surface area contributed by atoms with E-state index < -0.39 is 0 Å². The van der Waals surface area contributed by atoms with Crippen LogP contribution in [0.15, 0.2) is 48.7 Å². The molecule has 3 aromatic rings. The van der Waals surface area contributed by atoms with E-state index in [9.17, 15) is 9.90 Å². The van der Waals surface area contributed by atoms with Crippen molar-refractivity contribution >= 4 is 17.2 Å². The van der Waals surface area contributed by atoms with E-state index >= 15 is 0 Å². The second kappa shape index (κ2) is 8.01. The number of aromatic hydroxyl groups is 1. The summed E-state index contributed by atoms with van der Waals surface area (Å²) in [5.74, 6) is -0.232. The molecule has 7 heteroatoms. The van der Waals surface area contributed by atoms with E-state index in [1.165, 1.54) is 16.8 Å². The van der Waals surface area contributed by atoms with E-state index in [4.69, 9.17) is 0 Å². The van der Waals surface area contributed by atoms with E-state index in [1.54, 1.807) is 6.08 Å². The van der Waals surface area contributed by atoms with Crippen molar-refractivity contribution in [3.05, 3.63) is 65.5 Å². The number of carbonyl (C=O) groups excluding carboxylic acids is 1. The molecule has 1 amide bonds. The van der Waals surface area contributed by atoms with E-state index in [1.807, 2.05) is 56.3 Å². The Labute approximate surface area is 158 Å². The summed E-state index contributed by atoms with van der Waals surface area (Å²) in [6.07, 6.45) is 5.29. The molecule has 0 atom stereocenters. The molecule has 0 spiro atoms. The summed E-state index contributed by atoms with van der Waals surface area (Å²) in [5, 5.41) is 17.6. The first-order valence-corrected chi connectivity index (χ1v) is 8.68. The highest BCUT2D eigenvalue weighted by Crippen LogP contribution is 2.27. The van der Waals surface area contributed by atoms with Gasteiger partial charge in [-0.1, -0.05) is 36.4 Å². The number of amides is 1. The first kappa shape index (κ1) is 18.6. The van der Waals surface area contributed by atoms with Crippen molar-refractivity contribution in [3.8, 4) is 5.88 Å². The predicted molar refractivity (Wildman–Crippen MR) is 105 cm³/mol. The highest BCUT2D eigenvalue weighted by Gasteiger charge is 2.17. The summed E-state index contributed by atoms with van der Waals surface area (Å²) in [4.78, 5) is 18.6. The molecule has 0 radical (unpaired) electrons. The van der Waals surface area contributed by atoms with Gasteiger partial charge in [0.2, 0.25) is 11.8 Å². The van der Waals surface area contributed by atoms with Gasteiger partial charge in [0.15, 0.2) is 5.65 Å². The molecule has 0 fully saturated rings. The highest BCUT2D eigenvalue weighted by molar-refractivity contribution is 6.01. The number of fused-ring (bicyclic) bond motifs is 1. The van der Waals surface area contributed by atoms with Crippen LogP contribution < -0.4 is 5.32 Å². The fraction of sp³-hybridized carbons (Fsp3) is 0.250. The van der Waals surface area contributed by atoms with E-state index in [0.717, 1.165) is 5.56 Å². The smallest absolute Gasteiger partial charge is 0.248 e. The van der Waals surface area contributed by atoms with Crippen LogP contribution in [0.3, 0.4) is 0 Å². The first-order valence-electron chi connectivity index (χ1n) is 8.68. The number of anilines is 1. The normalized spacial score (nSPS) is 11.6. The van der Waals surface area contributed by atoms with Gasteiger partial charge in [-0.25, -0.2) is 4.98 Å². The molecule has 0 bridgehead atoms. The maximum absolute atomic E-state index is 12.1. The lowest BCUT2D eigenvalue weighted by molar-refractivity contribution is -0.111. The van der Waals surface area contributed by atoms with Crippen LogP contribution in [0.25, 0.3) is 5.65 Å². The zero-order chi connectivity index (χ0) is 19.4. The Morgan fingerprint density at radius 3 is 2.74 bits per heavy atom. The SMILES string of the molecule is Cc1nc2c(NC(=O)/C=C/CN(C)C)cnn2c(O)c1Cc1ccccc1. The van der Waals surface area contributed by atoms with Crippen molar-refractivity contribution in [1.29, 1.82) is 0 Å². The third-order valence-corrected chi connectivity index (χ3v) is 4.15. The summed E-state index contributed by atoms with van der Waals surface area (Å²) in [5.41, 5.74) is 3.35. The highest BCUT2D eigenvalue weighted by atomic mass is 16.3. The average molecular weight is 365 g/mol. The minimum Gasteiger partial charge on any atom is -0.493 e. The van der Waals surface area contributed by atoms with Crippen LogP contribution in [0.4, 0.5) is 5.69 Å². The zero-order valence-electron chi connectivity index (χ0n) is 15.7. The molecule has 140 valence electrons. The average Bonchev–Trinajstić information content (AvgIpc) is 3.02. The molecule has 2 heterocycles. The fourth-order valence-corrected chi connectivity index (χ4v) is 2.76. The largest absolute Gasteiger partial charge is 0.493 e. The van der Waals surface area contributed by atoms with Crippen LogP contribution in [0.2, 0.25) is 0 Å². The second-order valence-corrected chi connectivity index (χ2v) is 6.61. The van der Waals surface area contributed by atoms with Crippen LogP contribution in [0.1, 0.15) is 16.8 Å². The molecule has 7 nitrogen and oxygen atoms in total. The first-order chi connectivity index (χ1) is 13.0. The van der Waals surface area contributed by atoms with Crippen LogP contribution >= 0.6 is 0 Å². The molecule has 2 N–H and O–H groups in total. The monoisotopic (exact) mass is 365 g/mol. The van der Waals surface area contributed by atoms with Crippen molar-refractivity contribution in [2.45, 2.75) is 13.3 Å². The van der Waals surface area contributed by atoms with Crippen molar-refractivity contribution in [2.75, 3.05) is 26.0 Å². The van der Waals surface area contributed by atoms with Gasteiger partial charge in [0.1, 0.15) is 5.69 Å². The van der Waals surface area contributed by atoms with Crippen molar-refractivity contribution in [1.82, 2.24) is 19.5 Å². The summed E-state index contributed by atoms with van der Waals surface area (Å²) in [6.45, 7) is 2.51. The molecule has 0 aliphatic carbocycles. The maximum atomic E-state index is 12.1. The van der Waals surface area contributed by atoms with Gasteiger partial charge in [-0.05, 0) is 26.6 Å². The zero-order valence-corrected chi connectivity index (χ0v) is 15.7. The minimum atomic E-state index is -0.265. The quantitative estimate of drug-likeness (QED) is 0.656. The van der Waals surface area contributed by atoms with Gasteiger partial charge in [0, 0.05) is 30.3 Å². The molecule has 1 aromatic carbocycles. The Balaban J connectivity index is 1.86. The number of nitrogens with one attached hydrogen (secondary N) is 1. The van der Waals surface area contributed by atoms with Gasteiger partial charge in [0.25, 0.3) is 0 Å². The lowest BCUT2D eigenvalue weighted by Crippen LogP contribution is -2.13.